The Bertz CT molecular complexity index is 386. The number of aryl methyl sites for hydroxylation is 1. The Labute approximate surface area is 103 Å². The van der Waals surface area contributed by atoms with Gasteiger partial charge in [0, 0.05) is 57.8 Å². The van der Waals surface area contributed by atoms with Gasteiger partial charge in [-0.1, -0.05) is 6.92 Å². The SMILES string of the molecule is CCC1CN(CCc2nccn2C)CCC1=O. The quantitative estimate of drug-likeness (QED) is 0.788. The summed E-state index contributed by atoms with van der Waals surface area (Å²) in [6.07, 6.45) is 6.47. The highest BCUT2D eigenvalue weighted by Crippen LogP contribution is 2.16. The maximum Gasteiger partial charge on any atom is 0.138 e. The van der Waals surface area contributed by atoms with Crippen LogP contribution in [0, 0.1) is 5.92 Å². The van der Waals surface area contributed by atoms with Gasteiger partial charge >= 0.3 is 0 Å². The normalized spacial score (nSPS) is 22.0. The van der Waals surface area contributed by atoms with E-state index in [1.165, 1.54) is 0 Å². The number of carbonyl (C=O) groups excluding carboxylic acids is 1. The summed E-state index contributed by atoms with van der Waals surface area (Å²) < 4.78 is 2.06. The van der Waals surface area contributed by atoms with Gasteiger partial charge in [0.1, 0.15) is 11.6 Å². The van der Waals surface area contributed by atoms with E-state index in [2.05, 4.69) is 21.4 Å². The van der Waals surface area contributed by atoms with E-state index in [0.29, 0.717) is 5.78 Å². The molecule has 1 saturated heterocycles. The Hall–Kier alpha value is -1.16. The molecule has 4 nitrogen and oxygen atoms in total. The second-order valence-electron chi connectivity index (χ2n) is 4.83. The lowest BCUT2D eigenvalue weighted by molar-refractivity contribution is -0.126. The zero-order valence-electron chi connectivity index (χ0n) is 10.7. The van der Waals surface area contributed by atoms with Crippen LogP contribution in [0.3, 0.4) is 0 Å². The third kappa shape index (κ3) is 2.94. The summed E-state index contributed by atoms with van der Waals surface area (Å²) in [7, 11) is 2.02. The molecule has 4 heteroatoms. The molecule has 0 spiro atoms. The maximum atomic E-state index is 11.6. The predicted molar refractivity (Wildman–Crippen MR) is 66.8 cm³/mol. The lowest BCUT2D eigenvalue weighted by atomic mass is 9.94. The number of hydrogen-bond donors (Lipinski definition) is 0. The van der Waals surface area contributed by atoms with Crippen LogP contribution in [-0.2, 0) is 18.3 Å². The zero-order valence-corrected chi connectivity index (χ0v) is 10.7. The molecule has 0 amide bonds. The third-order valence-corrected chi connectivity index (χ3v) is 3.67. The summed E-state index contributed by atoms with van der Waals surface area (Å²) in [6.45, 7) is 4.96. The summed E-state index contributed by atoms with van der Waals surface area (Å²) in [4.78, 5) is 18.3. The highest BCUT2D eigenvalue weighted by Gasteiger charge is 2.25. The summed E-state index contributed by atoms with van der Waals surface area (Å²) in [5.41, 5.74) is 0. The molecule has 0 radical (unpaired) electrons. The van der Waals surface area contributed by atoms with Crippen molar-refractivity contribution in [3.8, 4) is 0 Å². The Kier molecular flexibility index (Phi) is 3.94. The molecule has 1 unspecified atom stereocenters. The van der Waals surface area contributed by atoms with E-state index in [-0.39, 0.29) is 5.92 Å². The van der Waals surface area contributed by atoms with E-state index in [1.807, 2.05) is 19.4 Å². The average molecular weight is 235 g/mol. The van der Waals surface area contributed by atoms with Crippen molar-refractivity contribution in [1.82, 2.24) is 14.5 Å². The Morgan fingerprint density at radius 3 is 3.00 bits per heavy atom. The maximum absolute atomic E-state index is 11.6. The molecule has 1 aromatic rings. The molecule has 1 atom stereocenters. The van der Waals surface area contributed by atoms with Gasteiger partial charge in [0.05, 0.1) is 0 Å². The summed E-state index contributed by atoms with van der Waals surface area (Å²) in [6, 6.07) is 0. The average Bonchev–Trinajstić information content (AvgIpc) is 2.74. The van der Waals surface area contributed by atoms with Crippen molar-refractivity contribution >= 4 is 5.78 Å². The van der Waals surface area contributed by atoms with Crippen LogP contribution in [-0.4, -0.2) is 39.9 Å². The van der Waals surface area contributed by atoms with E-state index in [0.717, 1.165) is 44.7 Å². The lowest BCUT2D eigenvalue weighted by Gasteiger charge is -2.31. The van der Waals surface area contributed by atoms with Crippen molar-refractivity contribution in [2.75, 3.05) is 19.6 Å². The first-order valence-electron chi connectivity index (χ1n) is 6.42. The summed E-state index contributed by atoms with van der Waals surface area (Å²) >= 11 is 0. The third-order valence-electron chi connectivity index (χ3n) is 3.67. The number of rotatable bonds is 4. The van der Waals surface area contributed by atoms with Crippen molar-refractivity contribution in [2.45, 2.75) is 26.2 Å². The van der Waals surface area contributed by atoms with Crippen LogP contribution >= 0.6 is 0 Å². The molecule has 0 bridgehead atoms. The van der Waals surface area contributed by atoms with Gasteiger partial charge in [0.2, 0.25) is 0 Å². The van der Waals surface area contributed by atoms with Crippen LogP contribution in [0.5, 0.6) is 0 Å². The summed E-state index contributed by atoms with van der Waals surface area (Å²) in [5, 5.41) is 0. The molecule has 17 heavy (non-hydrogen) atoms. The van der Waals surface area contributed by atoms with Gasteiger partial charge < -0.3 is 9.47 Å². The van der Waals surface area contributed by atoms with E-state index in [9.17, 15) is 4.79 Å². The lowest BCUT2D eigenvalue weighted by Crippen LogP contribution is -2.41. The molecular weight excluding hydrogens is 214 g/mol. The van der Waals surface area contributed by atoms with Gasteiger partial charge in [-0.3, -0.25) is 4.79 Å². The molecule has 0 N–H and O–H groups in total. The highest BCUT2D eigenvalue weighted by atomic mass is 16.1. The van der Waals surface area contributed by atoms with E-state index in [4.69, 9.17) is 0 Å². The first-order valence-corrected chi connectivity index (χ1v) is 6.42. The number of likely N-dealkylation sites (tertiary alicyclic amines) is 1. The van der Waals surface area contributed by atoms with Gasteiger partial charge in [-0.2, -0.15) is 0 Å². The number of hydrogen-bond acceptors (Lipinski definition) is 3. The van der Waals surface area contributed by atoms with Crippen LogP contribution in [0.25, 0.3) is 0 Å². The number of Topliss-reactive ketones (excluding diaryl/α,β-unsaturated/α-hetero) is 1. The summed E-state index contributed by atoms with van der Waals surface area (Å²) in [5.74, 6) is 1.82. The fourth-order valence-electron chi connectivity index (χ4n) is 2.43. The molecule has 1 fully saturated rings. The monoisotopic (exact) mass is 235 g/mol. The van der Waals surface area contributed by atoms with E-state index >= 15 is 0 Å². The molecule has 2 rings (SSSR count). The second-order valence-corrected chi connectivity index (χ2v) is 4.83. The molecule has 0 aliphatic carbocycles. The van der Waals surface area contributed by atoms with Crippen LogP contribution in [0.15, 0.2) is 12.4 Å². The van der Waals surface area contributed by atoms with Crippen molar-refractivity contribution in [3.05, 3.63) is 18.2 Å². The topological polar surface area (TPSA) is 38.1 Å². The minimum Gasteiger partial charge on any atom is -0.338 e. The first-order chi connectivity index (χ1) is 8.20. The van der Waals surface area contributed by atoms with E-state index in [1.54, 1.807) is 0 Å². The molecule has 94 valence electrons. The minimum absolute atomic E-state index is 0.255. The molecule has 2 heterocycles. The van der Waals surface area contributed by atoms with Gasteiger partial charge in [-0.25, -0.2) is 4.98 Å². The number of carbonyl (C=O) groups is 1. The van der Waals surface area contributed by atoms with Crippen LogP contribution in [0.4, 0.5) is 0 Å². The predicted octanol–water partition coefficient (Wildman–Crippen LogP) is 1.26. The number of aromatic nitrogens is 2. The van der Waals surface area contributed by atoms with Gasteiger partial charge in [0.25, 0.3) is 0 Å². The first kappa shape index (κ1) is 12.3. The highest BCUT2D eigenvalue weighted by molar-refractivity contribution is 5.82. The van der Waals surface area contributed by atoms with Crippen molar-refractivity contribution in [3.63, 3.8) is 0 Å². The Morgan fingerprint density at radius 2 is 2.35 bits per heavy atom. The van der Waals surface area contributed by atoms with E-state index < -0.39 is 0 Å². The van der Waals surface area contributed by atoms with Crippen molar-refractivity contribution in [2.24, 2.45) is 13.0 Å². The number of nitrogens with zero attached hydrogens (tertiary/aromatic N) is 3. The fraction of sp³-hybridized carbons (Fsp3) is 0.692. The second kappa shape index (κ2) is 5.45. The van der Waals surface area contributed by atoms with Crippen molar-refractivity contribution < 1.29 is 4.79 Å². The standard InChI is InChI=1S/C13H21N3O/c1-3-11-10-16(7-4-12(11)17)8-5-13-14-6-9-15(13)2/h6,9,11H,3-5,7-8,10H2,1-2H3. The molecular formula is C13H21N3O. The molecule has 1 aromatic heterocycles. The largest absolute Gasteiger partial charge is 0.338 e. The number of imidazole rings is 1. The zero-order chi connectivity index (χ0) is 12.3. The molecule has 0 saturated carbocycles. The fourth-order valence-corrected chi connectivity index (χ4v) is 2.43. The van der Waals surface area contributed by atoms with Gasteiger partial charge in [0.15, 0.2) is 0 Å². The number of piperidine rings is 1. The van der Waals surface area contributed by atoms with Crippen LogP contribution < -0.4 is 0 Å². The Balaban J connectivity index is 1.84. The molecule has 0 aromatic carbocycles. The van der Waals surface area contributed by atoms with Crippen molar-refractivity contribution in [1.29, 1.82) is 0 Å². The molecule has 1 aliphatic rings. The van der Waals surface area contributed by atoms with Crippen LogP contribution in [0.2, 0.25) is 0 Å². The van der Waals surface area contributed by atoms with Crippen LogP contribution in [0.1, 0.15) is 25.6 Å². The molecule has 1 aliphatic heterocycles. The minimum atomic E-state index is 0.255. The smallest absolute Gasteiger partial charge is 0.138 e. The Morgan fingerprint density at radius 1 is 1.53 bits per heavy atom. The number of ketones is 1. The van der Waals surface area contributed by atoms with Gasteiger partial charge in [-0.05, 0) is 6.42 Å². The van der Waals surface area contributed by atoms with Gasteiger partial charge in [-0.15, -0.1) is 0 Å².